The molecule has 2 amide bonds. The highest BCUT2D eigenvalue weighted by Gasteiger charge is 2.33. The van der Waals surface area contributed by atoms with E-state index in [4.69, 9.17) is 4.74 Å². The topological polar surface area (TPSA) is 67.9 Å². The zero-order chi connectivity index (χ0) is 20.3. The van der Waals surface area contributed by atoms with Gasteiger partial charge in [-0.05, 0) is 18.2 Å². The molecular formula is C19H17F3N2O4. The molecule has 0 saturated heterocycles. The van der Waals surface area contributed by atoms with Crippen LogP contribution in [0.3, 0.4) is 0 Å². The summed E-state index contributed by atoms with van der Waals surface area (Å²) in [6, 6.07) is 12.3. The number of para-hydroxylation sites is 3. The molecule has 0 bridgehead atoms. The van der Waals surface area contributed by atoms with Gasteiger partial charge in [-0.3, -0.25) is 9.59 Å². The fourth-order valence-corrected chi connectivity index (χ4v) is 2.84. The Morgan fingerprint density at radius 3 is 2.57 bits per heavy atom. The molecule has 0 saturated carbocycles. The molecule has 0 aromatic heterocycles. The first-order chi connectivity index (χ1) is 13.2. The van der Waals surface area contributed by atoms with Crippen molar-refractivity contribution >= 4 is 17.5 Å². The highest BCUT2D eigenvalue weighted by Crippen LogP contribution is 2.33. The van der Waals surface area contributed by atoms with Crippen molar-refractivity contribution in [2.75, 3.05) is 11.4 Å². The molecule has 0 aliphatic carbocycles. The molecule has 0 fully saturated rings. The summed E-state index contributed by atoms with van der Waals surface area (Å²) in [5, 5.41) is 2.54. The molecule has 2 aromatic rings. The number of halogens is 3. The Bertz CT molecular complexity index is 885. The summed E-state index contributed by atoms with van der Waals surface area (Å²) in [5.41, 5.74) is 0.718. The number of ether oxygens (including phenoxy) is 2. The van der Waals surface area contributed by atoms with Crippen LogP contribution in [-0.4, -0.2) is 30.8 Å². The fourth-order valence-electron chi connectivity index (χ4n) is 2.84. The molecule has 1 aliphatic rings. The normalized spacial score (nSPS) is 16.0. The van der Waals surface area contributed by atoms with E-state index in [9.17, 15) is 22.8 Å². The number of hydrogen-bond donors (Lipinski definition) is 1. The second kappa shape index (κ2) is 7.79. The molecule has 1 unspecified atom stereocenters. The lowest BCUT2D eigenvalue weighted by atomic mass is 10.1. The first-order valence-electron chi connectivity index (χ1n) is 8.40. The lowest BCUT2D eigenvalue weighted by Crippen LogP contribution is -2.50. The predicted octanol–water partition coefficient (Wildman–Crippen LogP) is 3.02. The standard InChI is InChI=1S/C19H17F3N2O4/c1-12(25)24-11-17(27-16-9-5-3-7-14(16)24)18(26)23-10-13-6-2-4-8-15(13)28-19(20,21)22/h2-9,17H,10-11H2,1H3,(H,23,26). The number of carbonyl (C=O) groups is 2. The van der Waals surface area contributed by atoms with Crippen molar-refractivity contribution in [3.05, 3.63) is 54.1 Å². The Morgan fingerprint density at radius 1 is 1.18 bits per heavy atom. The summed E-state index contributed by atoms with van der Waals surface area (Å²) in [6.45, 7) is 1.19. The maximum absolute atomic E-state index is 12.5. The van der Waals surface area contributed by atoms with Crippen LogP contribution in [0.4, 0.5) is 18.9 Å². The zero-order valence-electron chi connectivity index (χ0n) is 14.8. The van der Waals surface area contributed by atoms with Crippen LogP contribution in [-0.2, 0) is 16.1 Å². The number of nitrogens with one attached hydrogen (secondary N) is 1. The SMILES string of the molecule is CC(=O)N1CC(C(=O)NCc2ccccc2OC(F)(F)F)Oc2ccccc21. The minimum atomic E-state index is -4.84. The van der Waals surface area contributed by atoms with Gasteiger partial charge in [-0.25, -0.2) is 0 Å². The van der Waals surface area contributed by atoms with Gasteiger partial charge >= 0.3 is 6.36 Å². The van der Waals surface area contributed by atoms with E-state index in [1.165, 1.54) is 36.1 Å². The van der Waals surface area contributed by atoms with Crippen molar-refractivity contribution in [3.63, 3.8) is 0 Å². The van der Waals surface area contributed by atoms with Crippen LogP contribution in [0.25, 0.3) is 0 Å². The number of nitrogens with zero attached hydrogens (tertiary/aromatic N) is 1. The van der Waals surface area contributed by atoms with Crippen molar-refractivity contribution in [1.29, 1.82) is 0 Å². The van der Waals surface area contributed by atoms with Gasteiger partial charge < -0.3 is 19.7 Å². The maximum Gasteiger partial charge on any atom is 0.573 e. The van der Waals surface area contributed by atoms with Gasteiger partial charge in [-0.2, -0.15) is 0 Å². The van der Waals surface area contributed by atoms with Crippen LogP contribution in [0, 0.1) is 0 Å². The Morgan fingerprint density at radius 2 is 1.86 bits per heavy atom. The summed E-state index contributed by atoms with van der Waals surface area (Å²) in [4.78, 5) is 25.8. The van der Waals surface area contributed by atoms with Gasteiger partial charge in [-0.15, -0.1) is 13.2 Å². The zero-order valence-corrected chi connectivity index (χ0v) is 14.8. The van der Waals surface area contributed by atoms with Crippen molar-refractivity contribution in [2.45, 2.75) is 25.9 Å². The molecule has 3 rings (SSSR count). The summed E-state index contributed by atoms with van der Waals surface area (Å²) >= 11 is 0. The lowest BCUT2D eigenvalue weighted by Gasteiger charge is -2.33. The minimum absolute atomic E-state index is 0.00111. The number of amides is 2. The Hall–Kier alpha value is -3.23. The average molecular weight is 394 g/mol. The first kappa shape index (κ1) is 19.5. The largest absolute Gasteiger partial charge is 0.573 e. The van der Waals surface area contributed by atoms with Crippen molar-refractivity contribution < 1.29 is 32.2 Å². The van der Waals surface area contributed by atoms with E-state index < -0.39 is 24.1 Å². The molecule has 0 spiro atoms. The third-order valence-electron chi connectivity index (χ3n) is 4.10. The maximum atomic E-state index is 12.5. The van der Waals surface area contributed by atoms with Gasteiger partial charge in [0.1, 0.15) is 11.5 Å². The summed E-state index contributed by atoms with van der Waals surface area (Å²) in [6.07, 6.45) is -5.83. The second-order valence-corrected chi connectivity index (χ2v) is 6.08. The molecular weight excluding hydrogens is 377 g/mol. The van der Waals surface area contributed by atoms with Crippen molar-refractivity contribution in [1.82, 2.24) is 5.32 Å². The number of anilines is 1. The molecule has 1 atom stereocenters. The molecule has 1 aliphatic heterocycles. The van der Waals surface area contributed by atoms with E-state index in [0.29, 0.717) is 11.4 Å². The summed E-state index contributed by atoms with van der Waals surface area (Å²) in [7, 11) is 0. The summed E-state index contributed by atoms with van der Waals surface area (Å²) in [5.74, 6) is -0.819. The molecule has 148 valence electrons. The van der Waals surface area contributed by atoms with Gasteiger partial charge in [-0.1, -0.05) is 30.3 Å². The number of benzene rings is 2. The van der Waals surface area contributed by atoms with Crippen molar-refractivity contribution in [3.8, 4) is 11.5 Å². The van der Waals surface area contributed by atoms with Crippen LogP contribution in [0.15, 0.2) is 48.5 Å². The van der Waals surface area contributed by atoms with E-state index >= 15 is 0 Å². The van der Waals surface area contributed by atoms with E-state index in [2.05, 4.69) is 10.1 Å². The van der Waals surface area contributed by atoms with Crippen LogP contribution >= 0.6 is 0 Å². The smallest absolute Gasteiger partial charge is 0.477 e. The quantitative estimate of drug-likeness (QED) is 0.866. The van der Waals surface area contributed by atoms with Crippen LogP contribution in [0.1, 0.15) is 12.5 Å². The third-order valence-corrected chi connectivity index (χ3v) is 4.10. The number of rotatable bonds is 4. The van der Waals surface area contributed by atoms with Gasteiger partial charge in [0.25, 0.3) is 5.91 Å². The minimum Gasteiger partial charge on any atom is -0.477 e. The van der Waals surface area contributed by atoms with Gasteiger partial charge in [0, 0.05) is 19.0 Å². The van der Waals surface area contributed by atoms with Crippen LogP contribution in [0.2, 0.25) is 0 Å². The van der Waals surface area contributed by atoms with E-state index in [0.717, 1.165) is 0 Å². The molecule has 1 heterocycles. The average Bonchev–Trinajstić information content (AvgIpc) is 2.64. The fraction of sp³-hybridized carbons (Fsp3) is 0.263. The van der Waals surface area contributed by atoms with Gasteiger partial charge in [0.15, 0.2) is 6.10 Å². The lowest BCUT2D eigenvalue weighted by molar-refractivity contribution is -0.274. The molecule has 0 radical (unpaired) electrons. The van der Waals surface area contributed by atoms with Crippen LogP contribution in [0.5, 0.6) is 11.5 Å². The molecule has 1 N–H and O–H groups in total. The highest BCUT2D eigenvalue weighted by atomic mass is 19.4. The van der Waals surface area contributed by atoms with Gasteiger partial charge in [0.05, 0.1) is 12.2 Å². The number of fused-ring (bicyclic) bond motifs is 1. The van der Waals surface area contributed by atoms with Crippen molar-refractivity contribution in [2.24, 2.45) is 0 Å². The van der Waals surface area contributed by atoms with E-state index in [1.807, 2.05) is 0 Å². The highest BCUT2D eigenvalue weighted by molar-refractivity contribution is 5.95. The predicted molar refractivity (Wildman–Crippen MR) is 93.9 cm³/mol. The Kier molecular flexibility index (Phi) is 5.43. The number of alkyl halides is 3. The first-order valence-corrected chi connectivity index (χ1v) is 8.40. The molecule has 2 aromatic carbocycles. The van der Waals surface area contributed by atoms with Gasteiger partial charge in [0.2, 0.25) is 5.91 Å². The van der Waals surface area contributed by atoms with E-state index in [1.54, 1.807) is 24.3 Å². The Balaban J connectivity index is 1.70. The second-order valence-electron chi connectivity index (χ2n) is 6.08. The van der Waals surface area contributed by atoms with E-state index in [-0.39, 0.29) is 24.6 Å². The molecule has 28 heavy (non-hydrogen) atoms. The van der Waals surface area contributed by atoms with Crippen LogP contribution < -0.4 is 19.7 Å². The third kappa shape index (κ3) is 4.54. The monoisotopic (exact) mass is 394 g/mol. The molecule has 9 heteroatoms. The molecule has 6 nitrogen and oxygen atoms in total. The number of hydrogen-bond acceptors (Lipinski definition) is 4. The number of carbonyl (C=O) groups excluding carboxylic acids is 2. The Labute approximate surface area is 158 Å². The summed E-state index contributed by atoms with van der Waals surface area (Å²) < 4.78 is 47.1.